The average Bonchev–Trinajstić information content (AvgIpc) is 2.55. The van der Waals surface area contributed by atoms with Crippen LogP contribution in [0.1, 0.15) is 24.8 Å². The Morgan fingerprint density at radius 1 is 1.43 bits per heavy atom. The summed E-state index contributed by atoms with van der Waals surface area (Å²) in [5.74, 6) is -0.847. The van der Waals surface area contributed by atoms with Gasteiger partial charge in [0, 0.05) is 6.04 Å². The van der Waals surface area contributed by atoms with Crippen molar-refractivity contribution in [3.63, 3.8) is 0 Å². The van der Waals surface area contributed by atoms with Gasteiger partial charge in [-0.15, -0.1) is 0 Å². The van der Waals surface area contributed by atoms with E-state index in [0.717, 1.165) is 5.56 Å². The van der Waals surface area contributed by atoms with Crippen LogP contribution in [-0.2, 0) is 9.59 Å². The van der Waals surface area contributed by atoms with Gasteiger partial charge >= 0.3 is 5.97 Å². The van der Waals surface area contributed by atoms with Crippen molar-refractivity contribution in [3.8, 4) is 0 Å². The molecule has 6 nitrogen and oxygen atoms in total. The smallest absolute Gasteiger partial charge is 0.305 e. The highest BCUT2D eigenvalue weighted by atomic mass is 16.4. The van der Waals surface area contributed by atoms with Crippen molar-refractivity contribution in [3.05, 3.63) is 42.0 Å². The largest absolute Gasteiger partial charge is 0.481 e. The van der Waals surface area contributed by atoms with Crippen molar-refractivity contribution in [1.82, 2.24) is 10.6 Å². The third-order valence-electron chi connectivity index (χ3n) is 3.77. The number of nitrogens with one attached hydrogen (secondary N) is 2. The summed E-state index contributed by atoms with van der Waals surface area (Å²) < 4.78 is 0. The molecule has 1 aliphatic heterocycles. The number of hydrogen-bond acceptors (Lipinski definition) is 4. The number of carbonyl (C=O) groups is 2. The number of nitrogens with zero attached hydrogens (tertiary/aromatic N) is 1. The molecule has 1 aliphatic rings. The van der Waals surface area contributed by atoms with Gasteiger partial charge in [-0.25, -0.2) is 0 Å². The highest BCUT2D eigenvalue weighted by Gasteiger charge is 2.26. The summed E-state index contributed by atoms with van der Waals surface area (Å²) in [6.07, 6.45) is 7.46. The molecule has 0 saturated heterocycles. The fourth-order valence-corrected chi connectivity index (χ4v) is 2.62. The molecule has 0 spiro atoms. The minimum absolute atomic E-state index is 0.0379. The van der Waals surface area contributed by atoms with Crippen LogP contribution in [0.15, 0.2) is 41.4 Å². The Labute approximate surface area is 135 Å². The fraction of sp³-hybridized carbons (Fsp3) is 0.353. The van der Waals surface area contributed by atoms with Crippen LogP contribution in [0.5, 0.6) is 0 Å². The van der Waals surface area contributed by atoms with Crippen LogP contribution in [0.25, 0.3) is 6.08 Å². The lowest BCUT2D eigenvalue weighted by Gasteiger charge is -2.29. The van der Waals surface area contributed by atoms with Crippen LogP contribution in [0.3, 0.4) is 0 Å². The van der Waals surface area contributed by atoms with Crippen LogP contribution < -0.4 is 10.6 Å². The third-order valence-corrected chi connectivity index (χ3v) is 3.77. The van der Waals surface area contributed by atoms with Gasteiger partial charge in [0.15, 0.2) is 0 Å². The maximum Gasteiger partial charge on any atom is 0.305 e. The van der Waals surface area contributed by atoms with Crippen molar-refractivity contribution in [2.75, 3.05) is 0 Å². The number of aliphatic imine (C=N–C) groups is 1. The Kier molecular flexibility index (Phi) is 6.35. The lowest BCUT2D eigenvalue weighted by Crippen LogP contribution is -2.46. The van der Waals surface area contributed by atoms with Crippen LogP contribution >= 0.6 is 0 Å². The SMILES string of the molecule is O=CNC(CC=Cc1ccccc1)C1CC(CC(=O)O)NC=N1. The van der Waals surface area contributed by atoms with Gasteiger partial charge in [-0.1, -0.05) is 42.5 Å². The number of benzene rings is 1. The standard InChI is InChI=1S/C17H21N3O3/c21-12-20-15(8-4-7-13-5-2-1-3-6-13)16-9-14(10-17(22)23)18-11-19-16/h1-7,11-12,14-16H,8-10H2,(H,18,19)(H,20,21)(H,22,23). The van der Waals surface area contributed by atoms with Gasteiger partial charge in [0.25, 0.3) is 0 Å². The molecule has 0 fully saturated rings. The second-order valence-electron chi connectivity index (χ2n) is 5.48. The van der Waals surface area contributed by atoms with Gasteiger partial charge in [-0.3, -0.25) is 14.6 Å². The summed E-state index contributed by atoms with van der Waals surface area (Å²) in [7, 11) is 0. The Balaban J connectivity index is 1.96. The maximum atomic E-state index is 10.9. The highest BCUT2D eigenvalue weighted by molar-refractivity contribution is 5.69. The Morgan fingerprint density at radius 2 is 2.22 bits per heavy atom. The molecule has 6 heteroatoms. The van der Waals surface area contributed by atoms with E-state index in [-0.39, 0.29) is 24.5 Å². The zero-order chi connectivity index (χ0) is 16.5. The molecule has 1 amide bonds. The molecular weight excluding hydrogens is 294 g/mol. The molecule has 2 rings (SSSR count). The number of carboxylic acid groups (broad SMARTS) is 1. The van der Waals surface area contributed by atoms with E-state index in [1.165, 1.54) is 0 Å². The van der Waals surface area contributed by atoms with Crippen LogP contribution in [-0.4, -0.2) is 41.9 Å². The molecular formula is C17H21N3O3. The monoisotopic (exact) mass is 315 g/mol. The third kappa shape index (κ3) is 5.58. The molecule has 3 atom stereocenters. The van der Waals surface area contributed by atoms with Gasteiger partial charge in [0.2, 0.25) is 6.41 Å². The maximum absolute atomic E-state index is 10.9. The summed E-state index contributed by atoms with van der Waals surface area (Å²) in [5, 5.41) is 14.6. The quantitative estimate of drug-likeness (QED) is 0.633. The van der Waals surface area contributed by atoms with E-state index in [2.05, 4.69) is 15.6 Å². The number of carbonyl (C=O) groups excluding carboxylic acids is 1. The van der Waals surface area contributed by atoms with Crippen LogP contribution in [0.2, 0.25) is 0 Å². The van der Waals surface area contributed by atoms with Crippen molar-refractivity contribution >= 4 is 24.8 Å². The zero-order valence-corrected chi connectivity index (χ0v) is 12.8. The summed E-state index contributed by atoms with van der Waals surface area (Å²) >= 11 is 0. The first-order valence-electron chi connectivity index (χ1n) is 7.60. The lowest BCUT2D eigenvalue weighted by atomic mass is 9.95. The second kappa shape index (κ2) is 8.73. The lowest BCUT2D eigenvalue weighted by molar-refractivity contribution is -0.137. The molecule has 0 saturated carbocycles. The van der Waals surface area contributed by atoms with E-state index in [4.69, 9.17) is 5.11 Å². The minimum atomic E-state index is -0.847. The predicted molar refractivity (Wildman–Crippen MR) is 89.2 cm³/mol. The van der Waals surface area contributed by atoms with Crippen LogP contribution in [0.4, 0.5) is 0 Å². The summed E-state index contributed by atoms with van der Waals surface area (Å²) in [4.78, 5) is 26.0. The van der Waals surface area contributed by atoms with Gasteiger partial charge in [-0.05, 0) is 18.4 Å². The Bertz CT molecular complexity index is 572. The number of rotatable bonds is 8. The second-order valence-corrected chi connectivity index (χ2v) is 5.48. The molecule has 1 aromatic carbocycles. The number of carboxylic acids is 1. The highest BCUT2D eigenvalue weighted by Crippen LogP contribution is 2.16. The predicted octanol–water partition coefficient (Wildman–Crippen LogP) is 1.44. The molecule has 0 aromatic heterocycles. The van der Waals surface area contributed by atoms with Crippen molar-refractivity contribution in [2.24, 2.45) is 4.99 Å². The zero-order valence-electron chi connectivity index (χ0n) is 12.8. The van der Waals surface area contributed by atoms with E-state index in [9.17, 15) is 9.59 Å². The first-order valence-corrected chi connectivity index (χ1v) is 7.60. The molecule has 3 unspecified atom stereocenters. The van der Waals surface area contributed by atoms with Gasteiger partial charge in [-0.2, -0.15) is 0 Å². The van der Waals surface area contributed by atoms with Gasteiger partial charge in [0.1, 0.15) is 0 Å². The molecule has 1 heterocycles. The van der Waals surface area contributed by atoms with Crippen molar-refractivity contribution in [2.45, 2.75) is 37.4 Å². The molecule has 1 aromatic rings. The molecule has 23 heavy (non-hydrogen) atoms. The fourth-order valence-electron chi connectivity index (χ4n) is 2.62. The van der Waals surface area contributed by atoms with E-state index < -0.39 is 5.97 Å². The van der Waals surface area contributed by atoms with E-state index >= 15 is 0 Å². The van der Waals surface area contributed by atoms with Gasteiger partial charge < -0.3 is 15.7 Å². The summed E-state index contributed by atoms with van der Waals surface area (Å²) in [6.45, 7) is 0. The Hall–Kier alpha value is -2.63. The minimum Gasteiger partial charge on any atom is -0.481 e. The summed E-state index contributed by atoms with van der Waals surface area (Å²) in [6, 6.07) is 9.45. The topological polar surface area (TPSA) is 90.8 Å². The average molecular weight is 315 g/mol. The van der Waals surface area contributed by atoms with E-state index in [1.807, 2.05) is 42.5 Å². The molecule has 0 radical (unpaired) electrons. The van der Waals surface area contributed by atoms with E-state index in [1.54, 1.807) is 6.34 Å². The van der Waals surface area contributed by atoms with Crippen molar-refractivity contribution in [1.29, 1.82) is 0 Å². The first-order chi connectivity index (χ1) is 11.2. The number of aliphatic carboxylic acids is 1. The summed E-state index contributed by atoms with van der Waals surface area (Å²) in [5.41, 5.74) is 1.09. The first kappa shape index (κ1) is 16.7. The molecule has 3 N–H and O–H groups in total. The van der Waals surface area contributed by atoms with E-state index in [0.29, 0.717) is 19.3 Å². The van der Waals surface area contributed by atoms with Crippen molar-refractivity contribution < 1.29 is 14.7 Å². The Morgan fingerprint density at radius 3 is 2.91 bits per heavy atom. The molecule has 0 aliphatic carbocycles. The molecule has 0 bridgehead atoms. The van der Waals surface area contributed by atoms with Gasteiger partial charge in [0.05, 0.1) is 24.8 Å². The number of hydrogen-bond donors (Lipinski definition) is 3. The molecule has 122 valence electrons. The number of amides is 1. The van der Waals surface area contributed by atoms with Crippen LogP contribution in [0, 0.1) is 0 Å². The normalized spacial score (nSPS) is 21.6.